The first kappa shape index (κ1) is 23.5. The molecule has 1 unspecified atom stereocenters. The fourth-order valence-corrected chi connectivity index (χ4v) is 4.90. The van der Waals surface area contributed by atoms with E-state index in [9.17, 15) is 9.59 Å². The maximum Gasteiger partial charge on any atom is 0.255 e. The van der Waals surface area contributed by atoms with Gasteiger partial charge >= 0.3 is 0 Å². The number of H-pyrrole nitrogens is 1. The molecule has 1 aromatic heterocycles. The van der Waals surface area contributed by atoms with E-state index in [1.807, 2.05) is 60.8 Å². The standard InChI is InChI=1S/C29H29N3O4/c1-35-21-15-19(16-22(17-21)36-2)12-14-32-27(24-8-3-4-9-25(24)29(32)34)28(33)30-13-11-20-18-31-26-10-6-5-7-23(20)26/h3-10,15-18,27,31H,11-14H2,1-2H3,(H,30,33). The second-order valence-electron chi connectivity index (χ2n) is 8.86. The van der Waals surface area contributed by atoms with Crippen LogP contribution in [-0.2, 0) is 17.6 Å². The summed E-state index contributed by atoms with van der Waals surface area (Å²) in [4.78, 5) is 31.6. The van der Waals surface area contributed by atoms with Gasteiger partial charge in [0.1, 0.15) is 17.5 Å². The van der Waals surface area contributed by atoms with Crippen LogP contribution in [0.1, 0.15) is 33.1 Å². The van der Waals surface area contributed by atoms with E-state index in [1.165, 1.54) is 0 Å². The number of nitrogens with one attached hydrogen (secondary N) is 2. The van der Waals surface area contributed by atoms with Crippen LogP contribution in [0.15, 0.2) is 72.9 Å². The molecular formula is C29H29N3O4. The molecule has 1 atom stereocenters. The van der Waals surface area contributed by atoms with Crippen molar-refractivity contribution in [2.75, 3.05) is 27.3 Å². The van der Waals surface area contributed by atoms with Gasteiger partial charge < -0.3 is 24.7 Å². The van der Waals surface area contributed by atoms with E-state index in [0.29, 0.717) is 43.0 Å². The van der Waals surface area contributed by atoms with Crippen LogP contribution in [0.4, 0.5) is 0 Å². The number of amides is 2. The zero-order chi connectivity index (χ0) is 25.1. The number of rotatable bonds is 9. The molecule has 2 N–H and O–H groups in total. The van der Waals surface area contributed by atoms with E-state index in [0.717, 1.165) is 27.6 Å². The van der Waals surface area contributed by atoms with Gasteiger partial charge in [-0.1, -0.05) is 36.4 Å². The fraction of sp³-hybridized carbons (Fsp3) is 0.241. The van der Waals surface area contributed by atoms with Gasteiger partial charge in [-0.3, -0.25) is 9.59 Å². The van der Waals surface area contributed by atoms with Crippen LogP contribution in [0.5, 0.6) is 11.5 Å². The quantitative estimate of drug-likeness (QED) is 0.372. The number of ether oxygens (including phenoxy) is 2. The summed E-state index contributed by atoms with van der Waals surface area (Å²) in [6.07, 6.45) is 3.24. The molecule has 0 bridgehead atoms. The predicted molar refractivity (Wildman–Crippen MR) is 138 cm³/mol. The van der Waals surface area contributed by atoms with Gasteiger partial charge in [-0.15, -0.1) is 0 Å². The summed E-state index contributed by atoms with van der Waals surface area (Å²) < 4.78 is 10.8. The molecule has 2 heterocycles. The maximum atomic E-state index is 13.4. The lowest BCUT2D eigenvalue weighted by atomic mass is 10.0. The monoisotopic (exact) mass is 483 g/mol. The normalized spacial score (nSPS) is 14.7. The summed E-state index contributed by atoms with van der Waals surface area (Å²) in [6, 6.07) is 20.5. The molecule has 1 aliphatic heterocycles. The van der Waals surface area contributed by atoms with Crippen LogP contribution in [0.2, 0.25) is 0 Å². The van der Waals surface area contributed by atoms with Gasteiger partial charge in [0.2, 0.25) is 5.91 Å². The maximum absolute atomic E-state index is 13.4. The van der Waals surface area contributed by atoms with E-state index < -0.39 is 6.04 Å². The minimum Gasteiger partial charge on any atom is -0.497 e. The Hall–Kier alpha value is -4.26. The lowest BCUT2D eigenvalue weighted by Crippen LogP contribution is -2.40. The van der Waals surface area contributed by atoms with Crippen molar-refractivity contribution in [2.45, 2.75) is 18.9 Å². The van der Waals surface area contributed by atoms with Gasteiger partial charge in [-0.25, -0.2) is 0 Å². The summed E-state index contributed by atoms with van der Waals surface area (Å²) in [6.45, 7) is 0.874. The molecule has 0 saturated heterocycles. The second-order valence-corrected chi connectivity index (χ2v) is 8.86. The molecule has 0 radical (unpaired) electrons. The zero-order valence-electron chi connectivity index (χ0n) is 20.4. The number of para-hydroxylation sites is 1. The molecule has 0 aliphatic carbocycles. The number of aromatic amines is 1. The number of hydrogen-bond acceptors (Lipinski definition) is 4. The molecule has 0 fully saturated rings. The van der Waals surface area contributed by atoms with Crippen molar-refractivity contribution in [1.29, 1.82) is 0 Å². The lowest BCUT2D eigenvalue weighted by molar-refractivity contribution is -0.125. The van der Waals surface area contributed by atoms with Crippen molar-refractivity contribution in [1.82, 2.24) is 15.2 Å². The van der Waals surface area contributed by atoms with Crippen LogP contribution < -0.4 is 14.8 Å². The Balaban J connectivity index is 1.31. The minimum atomic E-state index is -0.663. The molecule has 7 nitrogen and oxygen atoms in total. The highest BCUT2D eigenvalue weighted by Crippen LogP contribution is 2.34. The number of hydrogen-bond donors (Lipinski definition) is 2. The van der Waals surface area contributed by atoms with Gasteiger partial charge in [0.25, 0.3) is 5.91 Å². The second kappa shape index (κ2) is 10.2. The van der Waals surface area contributed by atoms with Gasteiger partial charge in [0.15, 0.2) is 0 Å². The number of methoxy groups -OCH3 is 2. The van der Waals surface area contributed by atoms with E-state index in [-0.39, 0.29) is 11.8 Å². The van der Waals surface area contributed by atoms with E-state index in [4.69, 9.17) is 9.47 Å². The van der Waals surface area contributed by atoms with Crippen molar-refractivity contribution in [3.63, 3.8) is 0 Å². The average molecular weight is 484 g/mol. The number of aromatic nitrogens is 1. The smallest absolute Gasteiger partial charge is 0.255 e. The molecule has 7 heteroatoms. The highest BCUT2D eigenvalue weighted by molar-refractivity contribution is 6.04. The summed E-state index contributed by atoms with van der Waals surface area (Å²) in [5, 5.41) is 4.22. The Bertz CT molecular complexity index is 1390. The first-order valence-corrected chi connectivity index (χ1v) is 12.0. The number of carbonyl (C=O) groups excluding carboxylic acids is 2. The summed E-state index contributed by atoms with van der Waals surface area (Å²) in [5.74, 6) is 1.08. The predicted octanol–water partition coefficient (Wildman–Crippen LogP) is 4.28. The van der Waals surface area contributed by atoms with E-state index >= 15 is 0 Å². The van der Waals surface area contributed by atoms with Crippen molar-refractivity contribution >= 4 is 22.7 Å². The summed E-state index contributed by atoms with van der Waals surface area (Å²) in [7, 11) is 3.21. The Morgan fingerprint density at radius 3 is 2.47 bits per heavy atom. The van der Waals surface area contributed by atoms with Crippen LogP contribution in [-0.4, -0.2) is 49.0 Å². The Kier molecular flexibility index (Phi) is 6.62. The first-order chi connectivity index (χ1) is 17.6. The zero-order valence-corrected chi connectivity index (χ0v) is 20.4. The van der Waals surface area contributed by atoms with Crippen molar-refractivity contribution in [3.05, 3.63) is 95.2 Å². The fourth-order valence-electron chi connectivity index (χ4n) is 4.90. The van der Waals surface area contributed by atoms with Crippen molar-refractivity contribution in [2.24, 2.45) is 0 Å². The number of benzene rings is 3. The topological polar surface area (TPSA) is 83.7 Å². The van der Waals surface area contributed by atoms with Crippen LogP contribution in [0.3, 0.4) is 0 Å². The number of carbonyl (C=O) groups is 2. The molecule has 2 amide bonds. The largest absolute Gasteiger partial charge is 0.497 e. The molecule has 1 aliphatic rings. The van der Waals surface area contributed by atoms with Crippen LogP contribution in [0, 0.1) is 0 Å². The molecule has 0 spiro atoms. The van der Waals surface area contributed by atoms with Gasteiger partial charge in [0, 0.05) is 41.8 Å². The molecule has 4 aromatic rings. The van der Waals surface area contributed by atoms with Gasteiger partial charge in [0.05, 0.1) is 14.2 Å². The Morgan fingerprint density at radius 2 is 1.69 bits per heavy atom. The third-order valence-corrected chi connectivity index (χ3v) is 6.73. The molecule has 5 rings (SSSR count). The van der Waals surface area contributed by atoms with Crippen LogP contribution in [0.25, 0.3) is 10.9 Å². The van der Waals surface area contributed by atoms with Crippen LogP contribution >= 0.6 is 0 Å². The van der Waals surface area contributed by atoms with Gasteiger partial charge in [-0.05, 0) is 53.8 Å². The van der Waals surface area contributed by atoms with E-state index in [2.05, 4.69) is 16.4 Å². The SMILES string of the molecule is COc1cc(CCN2C(=O)c3ccccc3C2C(=O)NCCc2c[nH]c3ccccc23)cc(OC)c1. The average Bonchev–Trinajstić information content (AvgIpc) is 3.45. The Labute approximate surface area is 210 Å². The van der Waals surface area contributed by atoms with E-state index in [1.54, 1.807) is 25.2 Å². The van der Waals surface area contributed by atoms with Crippen molar-refractivity contribution in [3.8, 4) is 11.5 Å². The summed E-state index contributed by atoms with van der Waals surface area (Å²) >= 11 is 0. The molecule has 184 valence electrons. The van der Waals surface area contributed by atoms with Crippen molar-refractivity contribution < 1.29 is 19.1 Å². The molecule has 3 aromatic carbocycles. The highest BCUT2D eigenvalue weighted by Gasteiger charge is 2.40. The highest BCUT2D eigenvalue weighted by atomic mass is 16.5. The van der Waals surface area contributed by atoms with Gasteiger partial charge in [-0.2, -0.15) is 0 Å². The number of nitrogens with zero attached hydrogens (tertiary/aromatic N) is 1. The summed E-state index contributed by atoms with van der Waals surface area (Å²) in [5.41, 5.74) is 4.52. The third-order valence-electron chi connectivity index (χ3n) is 6.73. The molecule has 36 heavy (non-hydrogen) atoms. The molecular weight excluding hydrogens is 454 g/mol. The minimum absolute atomic E-state index is 0.128. The third kappa shape index (κ3) is 4.52. The molecule has 0 saturated carbocycles. The number of fused-ring (bicyclic) bond motifs is 2. The Morgan fingerprint density at radius 1 is 0.972 bits per heavy atom. The first-order valence-electron chi connectivity index (χ1n) is 12.0. The lowest BCUT2D eigenvalue weighted by Gasteiger charge is -2.25.